The molecular formula is C21H37N5O2. The summed E-state index contributed by atoms with van der Waals surface area (Å²) >= 11 is 0. The van der Waals surface area contributed by atoms with Crippen LogP contribution >= 0.6 is 0 Å². The summed E-state index contributed by atoms with van der Waals surface area (Å²) in [4.78, 5) is 19.2. The van der Waals surface area contributed by atoms with Crippen LogP contribution in [0.15, 0.2) is 27.8 Å². The molecule has 158 valence electrons. The zero-order valence-corrected chi connectivity index (χ0v) is 17.7. The van der Waals surface area contributed by atoms with Crippen molar-refractivity contribution in [3.8, 4) is 0 Å². The molecule has 2 rings (SSSR count). The van der Waals surface area contributed by atoms with Crippen molar-refractivity contribution >= 4 is 11.9 Å². The summed E-state index contributed by atoms with van der Waals surface area (Å²) in [7, 11) is 0. The Balaban J connectivity index is 1.91. The highest BCUT2D eigenvalue weighted by molar-refractivity contribution is 5.81. The normalized spacial score (nSPS) is 17.8. The predicted molar refractivity (Wildman–Crippen MR) is 113 cm³/mol. The lowest BCUT2D eigenvalue weighted by molar-refractivity contribution is -0.121. The summed E-state index contributed by atoms with van der Waals surface area (Å²) in [6.07, 6.45) is 6.86. The molecule has 1 amide bonds. The lowest BCUT2D eigenvalue weighted by Gasteiger charge is -2.32. The van der Waals surface area contributed by atoms with E-state index in [0.29, 0.717) is 19.5 Å². The average Bonchev–Trinajstić information content (AvgIpc) is 3.23. The Kier molecular flexibility index (Phi) is 9.90. The Morgan fingerprint density at radius 3 is 2.68 bits per heavy atom. The summed E-state index contributed by atoms with van der Waals surface area (Å²) < 4.78 is 5.70. The third kappa shape index (κ3) is 7.54. The number of furan rings is 1. The van der Waals surface area contributed by atoms with Gasteiger partial charge in [-0.3, -0.25) is 14.7 Å². The molecule has 1 aromatic rings. The van der Waals surface area contributed by atoms with E-state index >= 15 is 0 Å². The number of nitrogens with one attached hydrogen (secondary N) is 3. The van der Waals surface area contributed by atoms with Crippen LogP contribution in [-0.2, 0) is 4.79 Å². The first-order valence-electron chi connectivity index (χ1n) is 10.7. The first-order chi connectivity index (χ1) is 13.6. The summed E-state index contributed by atoms with van der Waals surface area (Å²) in [6, 6.07) is 4.34. The molecule has 0 bridgehead atoms. The summed E-state index contributed by atoms with van der Waals surface area (Å²) in [6.45, 7) is 10.3. The minimum absolute atomic E-state index is 0.0690. The number of carbonyl (C=O) groups is 1. The molecule has 2 heterocycles. The molecule has 1 aliphatic heterocycles. The molecule has 1 aromatic heterocycles. The van der Waals surface area contributed by atoms with Gasteiger partial charge in [0.05, 0.1) is 18.8 Å². The van der Waals surface area contributed by atoms with Crippen LogP contribution in [0, 0.1) is 0 Å². The second kappa shape index (κ2) is 12.4. The average molecular weight is 392 g/mol. The van der Waals surface area contributed by atoms with E-state index < -0.39 is 0 Å². The maximum atomic E-state index is 11.9. The van der Waals surface area contributed by atoms with Gasteiger partial charge in [0.2, 0.25) is 5.91 Å². The monoisotopic (exact) mass is 391 g/mol. The fraction of sp³-hybridized carbons (Fsp3) is 0.714. The highest BCUT2D eigenvalue weighted by Gasteiger charge is 2.24. The van der Waals surface area contributed by atoms with Gasteiger partial charge in [0.15, 0.2) is 5.96 Å². The van der Waals surface area contributed by atoms with Crippen molar-refractivity contribution in [3.63, 3.8) is 0 Å². The molecule has 7 heteroatoms. The zero-order chi connectivity index (χ0) is 20.2. The van der Waals surface area contributed by atoms with Crippen molar-refractivity contribution in [2.45, 2.75) is 65.0 Å². The smallest absolute Gasteiger partial charge is 0.221 e. The molecule has 2 unspecified atom stereocenters. The van der Waals surface area contributed by atoms with Gasteiger partial charge in [-0.2, -0.15) is 0 Å². The molecule has 28 heavy (non-hydrogen) atoms. The summed E-state index contributed by atoms with van der Waals surface area (Å²) in [5, 5.41) is 9.53. The molecule has 0 spiro atoms. The number of piperidine rings is 1. The van der Waals surface area contributed by atoms with Crippen LogP contribution in [-0.4, -0.2) is 55.5 Å². The Hall–Kier alpha value is -2.02. The molecule has 1 fully saturated rings. The van der Waals surface area contributed by atoms with Crippen LogP contribution in [0.3, 0.4) is 0 Å². The number of carbonyl (C=O) groups excluding carboxylic acids is 1. The van der Waals surface area contributed by atoms with Gasteiger partial charge in [-0.15, -0.1) is 0 Å². The molecule has 1 aliphatic rings. The predicted octanol–water partition coefficient (Wildman–Crippen LogP) is 2.67. The molecule has 3 N–H and O–H groups in total. The third-order valence-corrected chi connectivity index (χ3v) is 5.13. The number of nitrogens with zero attached hydrogens (tertiary/aromatic N) is 2. The Bertz CT molecular complexity index is 582. The molecule has 0 radical (unpaired) electrons. The van der Waals surface area contributed by atoms with Crippen molar-refractivity contribution in [2.75, 3.05) is 32.7 Å². The maximum absolute atomic E-state index is 11.9. The van der Waals surface area contributed by atoms with Gasteiger partial charge < -0.3 is 20.4 Å². The van der Waals surface area contributed by atoms with E-state index in [-0.39, 0.29) is 18.0 Å². The summed E-state index contributed by atoms with van der Waals surface area (Å²) in [5.41, 5.74) is 0. The third-order valence-electron chi connectivity index (χ3n) is 5.13. The van der Waals surface area contributed by atoms with Gasteiger partial charge in [-0.1, -0.05) is 13.3 Å². The summed E-state index contributed by atoms with van der Waals surface area (Å²) in [5.74, 6) is 1.78. The lowest BCUT2D eigenvalue weighted by atomic mass is 10.1. The standard InChI is InChI=1S/C21H37N5O2/c1-4-17(3)25-20(27)11-12-23-21(22-5-2)24-16-18(19-10-9-15-28-19)26-13-7-6-8-14-26/h9-10,15,17-18H,4-8,11-14,16H2,1-3H3,(H,25,27)(H2,22,23,24). The molecule has 0 aliphatic carbocycles. The van der Waals surface area contributed by atoms with E-state index in [1.807, 2.05) is 26.0 Å². The van der Waals surface area contributed by atoms with Crippen molar-refractivity contribution in [3.05, 3.63) is 24.2 Å². The minimum atomic E-state index is 0.0690. The van der Waals surface area contributed by atoms with Gasteiger partial charge >= 0.3 is 0 Å². The Morgan fingerprint density at radius 2 is 2.04 bits per heavy atom. The largest absolute Gasteiger partial charge is 0.468 e. The van der Waals surface area contributed by atoms with Gasteiger partial charge in [0.25, 0.3) is 0 Å². The van der Waals surface area contributed by atoms with Gasteiger partial charge in [-0.25, -0.2) is 0 Å². The molecular weight excluding hydrogens is 354 g/mol. The molecule has 1 saturated heterocycles. The number of likely N-dealkylation sites (tertiary alicyclic amines) is 1. The fourth-order valence-corrected chi connectivity index (χ4v) is 3.36. The van der Waals surface area contributed by atoms with Gasteiger partial charge in [-0.05, 0) is 58.3 Å². The van der Waals surface area contributed by atoms with Crippen LogP contribution in [0.4, 0.5) is 0 Å². The number of amides is 1. The molecule has 7 nitrogen and oxygen atoms in total. The van der Waals surface area contributed by atoms with Crippen molar-refractivity contribution in [2.24, 2.45) is 4.99 Å². The molecule has 2 atom stereocenters. The van der Waals surface area contributed by atoms with Crippen LogP contribution in [0.2, 0.25) is 0 Å². The first-order valence-corrected chi connectivity index (χ1v) is 10.7. The molecule has 0 saturated carbocycles. The van der Waals surface area contributed by atoms with E-state index in [2.05, 4.69) is 27.8 Å². The van der Waals surface area contributed by atoms with E-state index in [9.17, 15) is 4.79 Å². The maximum Gasteiger partial charge on any atom is 0.221 e. The number of rotatable bonds is 10. The van der Waals surface area contributed by atoms with E-state index in [4.69, 9.17) is 9.41 Å². The second-order valence-corrected chi connectivity index (χ2v) is 7.40. The Labute approximate surface area is 169 Å². The van der Waals surface area contributed by atoms with Crippen molar-refractivity contribution in [1.29, 1.82) is 0 Å². The first kappa shape index (κ1) is 22.3. The molecule has 0 aromatic carbocycles. The van der Waals surface area contributed by atoms with Crippen molar-refractivity contribution < 1.29 is 9.21 Å². The van der Waals surface area contributed by atoms with Crippen LogP contribution in [0.5, 0.6) is 0 Å². The number of hydrogen-bond acceptors (Lipinski definition) is 4. The second-order valence-electron chi connectivity index (χ2n) is 7.40. The minimum Gasteiger partial charge on any atom is -0.468 e. The number of hydrogen-bond donors (Lipinski definition) is 3. The lowest BCUT2D eigenvalue weighted by Crippen LogP contribution is -2.41. The van der Waals surface area contributed by atoms with Crippen molar-refractivity contribution in [1.82, 2.24) is 20.9 Å². The van der Waals surface area contributed by atoms with Crippen LogP contribution in [0.25, 0.3) is 0 Å². The van der Waals surface area contributed by atoms with Gasteiger partial charge in [0, 0.05) is 25.6 Å². The van der Waals surface area contributed by atoms with Gasteiger partial charge in [0.1, 0.15) is 5.76 Å². The quantitative estimate of drug-likeness (QED) is 0.422. The number of guanidine groups is 1. The number of aliphatic imine (C=N–C) groups is 1. The SMILES string of the molecule is CCNC(=NCC(c1ccco1)N1CCCCC1)NCCC(=O)NC(C)CC. The highest BCUT2D eigenvalue weighted by Crippen LogP contribution is 2.25. The fourth-order valence-electron chi connectivity index (χ4n) is 3.36. The highest BCUT2D eigenvalue weighted by atomic mass is 16.3. The van der Waals surface area contributed by atoms with E-state index in [1.54, 1.807) is 6.26 Å². The van der Waals surface area contributed by atoms with Crippen LogP contribution < -0.4 is 16.0 Å². The Morgan fingerprint density at radius 1 is 1.25 bits per heavy atom. The van der Waals surface area contributed by atoms with Crippen LogP contribution in [0.1, 0.15) is 64.7 Å². The van der Waals surface area contributed by atoms with E-state index in [0.717, 1.165) is 37.8 Å². The van der Waals surface area contributed by atoms with E-state index in [1.165, 1.54) is 19.3 Å². The zero-order valence-electron chi connectivity index (χ0n) is 17.7. The topological polar surface area (TPSA) is 81.9 Å².